The van der Waals surface area contributed by atoms with Gasteiger partial charge < -0.3 is 28.2 Å². The fraction of sp³-hybridized carbons (Fsp3) is 0.300. The fourth-order valence-corrected chi connectivity index (χ4v) is 6.83. The van der Waals surface area contributed by atoms with E-state index in [0.717, 1.165) is 10.1 Å². The molecule has 224 valence electrons. The lowest BCUT2D eigenvalue weighted by Gasteiger charge is -2.19. The molecule has 0 saturated heterocycles. The zero-order chi connectivity index (χ0) is 30.4. The highest BCUT2D eigenvalue weighted by molar-refractivity contribution is 7.48. The standard InChI is InChI=1S/C30H33O10PS/c1-8-38-41(32,39-9-2)40-23-14-18(10-13-22(23)34-4)30-27(21-12-11-20(33-3)17-26(21)42-30)28(31)19-15-24(35-5)29(37-7)25(16-19)36-6/h10-17H,8-9H2,1-7H3. The van der Waals surface area contributed by atoms with Crippen molar-refractivity contribution in [1.29, 1.82) is 0 Å². The van der Waals surface area contributed by atoms with Crippen molar-refractivity contribution in [2.75, 3.05) is 48.8 Å². The fourth-order valence-electron chi connectivity index (χ4n) is 4.41. The number of carbonyl (C=O) groups is 1. The molecule has 4 aromatic rings. The van der Waals surface area contributed by atoms with Gasteiger partial charge in [0.15, 0.2) is 28.8 Å². The summed E-state index contributed by atoms with van der Waals surface area (Å²) < 4.78 is 57.8. The average molecular weight is 617 g/mol. The summed E-state index contributed by atoms with van der Waals surface area (Å²) in [5, 5.41) is 0.724. The van der Waals surface area contributed by atoms with Gasteiger partial charge in [-0.25, -0.2) is 4.57 Å². The number of ketones is 1. The molecule has 10 nitrogen and oxygen atoms in total. The topological polar surface area (TPSA) is 108 Å². The molecule has 1 aromatic heterocycles. The van der Waals surface area contributed by atoms with Crippen LogP contribution in [0.15, 0.2) is 48.5 Å². The molecule has 0 aliphatic rings. The zero-order valence-corrected chi connectivity index (χ0v) is 26.2. The SMILES string of the molecule is CCOP(=O)(OCC)Oc1cc(-c2sc3cc(OC)ccc3c2C(=O)c2cc(OC)c(OC)c(OC)c2)ccc1OC. The summed E-state index contributed by atoms with van der Waals surface area (Å²) in [4.78, 5) is 14.9. The molecule has 12 heteroatoms. The predicted octanol–water partition coefficient (Wildman–Crippen LogP) is 7.40. The van der Waals surface area contributed by atoms with E-state index < -0.39 is 7.82 Å². The molecular weight excluding hydrogens is 583 g/mol. The first-order valence-corrected chi connectivity index (χ1v) is 15.3. The number of hydrogen-bond acceptors (Lipinski definition) is 11. The molecule has 0 unspecified atom stereocenters. The van der Waals surface area contributed by atoms with Gasteiger partial charge in [-0.05, 0) is 67.9 Å². The number of ether oxygens (including phenoxy) is 5. The summed E-state index contributed by atoms with van der Waals surface area (Å²) in [6.07, 6.45) is 0. The Labute approximate surface area is 248 Å². The quantitative estimate of drug-likeness (QED) is 0.105. The minimum absolute atomic E-state index is 0.116. The number of hydrogen-bond donors (Lipinski definition) is 0. The van der Waals surface area contributed by atoms with Crippen LogP contribution in [0.4, 0.5) is 0 Å². The smallest absolute Gasteiger partial charge is 0.497 e. The maximum absolute atomic E-state index is 14.3. The van der Waals surface area contributed by atoms with E-state index in [2.05, 4.69) is 0 Å². The van der Waals surface area contributed by atoms with Crippen molar-refractivity contribution in [2.24, 2.45) is 0 Å². The van der Waals surface area contributed by atoms with Crippen LogP contribution in [0.5, 0.6) is 34.5 Å². The van der Waals surface area contributed by atoms with Crippen LogP contribution in [0.3, 0.4) is 0 Å². The van der Waals surface area contributed by atoms with E-state index in [1.165, 1.54) is 39.8 Å². The molecule has 0 amide bonds. The van der Waals surface area contributed by atoms with Crippen LogP contribution in [-0.4, -0.2) is 54.5 Å². The summed E-state index contributed by atoms with van der Waals surface area (Å²) in [6, 6.07) is 13.9. The summed E-state index contributed by atoms with van der Waals surface area (Å²) in [7, 11) is 3.60. The van der Waals surface area contributed by atoms with E-state index in [4.69, 9.17) is 37.3 Å². The van der Waals surface area contributed by atoms with E-state index >= 15 is 0 Å². The van der Waals surface area contributed by atoms with Crippen molar-refractivity contribution in [1.82, 2.24) is 0 Å². The molecule has 0 aliphatic heterocycles. The zero-order valence-electron chi connectivity index (χ0n) is 24.5. The highest BCUT2D eigenvalue weighted by Gasteiger charge is 2.30. The molecule has 0 atom stereocenters. The van der Waals surface area contributed by atoms with Crippen molar-refractivity contribution in [3.8, 4) is 44.9 Å². The summed E-state index contributed by atoms with van der Waals surface area (Å²) in [5.74, 6) is 1.92. The lowest BCUT2D eigenvalue weighted by Crippen LogP contribution is -2.05. The van der Waals surface area contributed by atoms with Gasteiger partial charge in [0, 0.05) is 26.1 Å². The maximum atomic E-state index is 14.3. The van der Waals surface area contributed by atoms with E-state index in [1.807, 2.05) is 12.1 Å². The van der Waals surface area contributed by atoms with Crippen molar-refractivity contribution in [3.63, 3.8) is 0 Å². The first-order chi connectivity index (χ1) is 20.3. The first kappa shape index (κ1) is 31.2. The molecule has 42 heavy (non-hydrogen) atoms. The van der Waals surface area contributed by atoms with Gasteiger partial charge in [-0.3, -0.25) is 13.8 Å². The largest absolute Gasteiger partial charge is 0.530 e. The van der Waals surface area contributed by atoms with Crippen molar-refractivity contribution < 1.29 is 46.6 Å². The van der Waals surface area contributed by atoms with E-state index in [0.29, 0.717) is 50.3 Å². The van der Waals surface area contributed by atoms with Gasteiger partial charge in [-0.2, -0.15) is 0 Å². The number of carbonyl (C=O) groups excluding carboxylic acids is 1. The Kier molecular flexibility index (Phi) is 10.0. The van der Waals surface area contributed by atoms with E-state index in [-0.39, 0.29) is 24.7 Å². The van der Waals surface area contributed by atoms with Gasteiger partial charge in [0.25, 0.3) is 0 Å². The third-order valence-electron chi connectivity index (χ3n) is 6.26. The van der Waals surface area contributed by atoms with Crippen molar-refractivity contribution >= 4 is 35.0 Å². The molecule has 0 aliphatic carbocycles. The van der Waals surface area contributed by atoms with Gasteiger partial charge >= 0.3 is 7.82 Å². The van der Waals surface area contributed by atoms with Gasteiger partial charge in [-0.15, -0.1) is 11.3 Å². The molecule has 3 aromatic carbocycles. The summed E-state index contributed by atoms with van der Waals surface area (Å²) in [6.45, 7) is 3.61. The molecule has 0 spiro atoms. The highest BCUT2D eigenvalue weighted by Crippen LogP contribution is 2.53. The Morgan fingerprint density at radius 2 is 1.38 bits per heavy atom. The summed E-state index contributed by atoms with van der Waals surface area (Å²) >= 11 is 1.40. The van der Waals surface area contributed by atoms with E-state index in [1.54, 1.807) is 57.4 Å². The second kappa shape index (κ2) is 13.5. The van der Waals surface area contributed by atoms with Crippen LogP contribution in [0.2, 0.25) is 0 Å². The van der Waals surface area contributed by atoms with E-state index in [9.17, 15) is 9.36 Å². The van der Waals surface area contributed by atoms with Crippen LogP contribution in [0, 0.1) is 0 Å². The number of phosphoric acid groups is 1. The van der Waals surface area contributed by atoms with Gasteiger partial charge in [0.2, 0.25) is 5.75 Å². The average Bonchev–Trinajstić information content (AvgIpc) is 3.38. The number of phosphoric ester groups is 1. The van der Waals surface area contributed by atoms with Crippen LogP contribution < -0.4 is 28.2 Å². The number of thiophene rings is 1. The van der Waals surface area contributed by atoms with Gasteiger partial charge in [-0.1, -0.05) is 0 Å². The number of benzene rings is 3. The first-order valence-electron chi connectivity index (χ1n) is 13.0. The third kappa shape index (κ3) is 6.19. The van der Waals surface area contributed by atoms with Crippen LogP contribution in [-0.2, 0) is 13.6 Å². The Bertz CT molecular complexity index is 1600. The number of rotatable bonds is 14. The maximum Gasteiger partial charge on any atom is 0.530 e. The normalized spacial score (nSPS) is 11.3. The molecular formula is C30H33O10PS. The van der Waals surface area contributed by atoms with Crippen LogP contribution in [0.25, 0.3) is 20.5 Å². The van der Waals surface area contributed by atoms with Crippen LogP contribution in [0.1, 0.15) is 29.8 Å². The molecule has 0 saturated carbocycles. The third-order valence-corrected chi connectivity index (χ3v) is 9.03. The molecule has 0 bridgehead atoms. The summed E-state index contributed by atoms with van der Waals surface area (Å²) in [5.41, 5.74) is 1.41. The Morgan fingerprint density at radius 1 is 0.738 bits per heavy atom. The van der Waals surface area contributed by atoms with Crippen molar-refractivity contribution in [3.05, 3.63) is 59.7 Å². The predicted molar refractivity (Wildman–Crippen MR) is 161 cm³/mol. The molecule has 0 N–H and O–H groups in total. The van der Waals surface area contributed by atoms with Gasteiger partial charge in [0.05, 0.1) is 48.8 Å². The molecule has 0 radical (unpaired) electrons. The lowest BCUT2D eigenvalue weighted by atomic mass is 9.97. The molecule has 0 fully saturated rings. The second-order valence-corrected chi connectivity index (χ2v) is 11.3. The number of methoxy groups -OCH3 is 5. The Hall–Kier alpha value is -3.76. The lowest BCUT2D eigenvalue weighted by molar-refractivity contribution is 0.104. The van der Waals surface area contributed by atoms with Crippen molar-refractivity contribution in [2.45, 2.75) is 13.8 Å². The second-order valence-electron chi connectivity index (χ2n) is 8.65. The van der Waals surface area contributed by atoms with Crippen LogP contribution >= 0.6 is 19.2 Å². The molecule has 1 heterocycles. The molecule has 4 rings (SSSR count). The monoisotopic (exact) mass is 616 g/mol. The number of fused-ring (bicyclic) bond motifs is 1. The van der Waals surface area contributed by atoms with Gasteiger partial charge in [0.1, 0.15) is 5.75 Å². The Morgan fingerprint density at radius 3 is 1.93 bits per heavy atom. The Balaban J connectivity index is 1.94. The highest BCUT2D eigenvalue weighted by atomic mass is 32.1. The minimum Gasteiger partial charge on any atom is -0.497 e. The minimum atomic E-state index is -3.94.